The molecule has 18 heavy (non-hydrogen) atoms. The van der Waals surface area contributed by atoms with E-state index in [4.69, 9.17) is 18.0 Å². The second kappa shape index (κ2) is 6.43. The van der Waals surface area contributed by atoms with E-state index in [0.717, 1.165) is 32.7 Å². The van der Waals surface area contributed by atoms with Crippen molar-refractivity contribution in [1.29, 1.82) is 0 Å². The molecule has 1 aliphatic rings. The Morgan fingerprint density at radius 1 is 1.50 bits per heavy atom. The highest BCUT2D eigenvalue weighted by Gasteiger charge is 2.22. The molecule has 0 saturated carbocycles. The number of hydrogen-bond acceptors (Lipinski definition) is 4. The van der Waals surface area contributed by atoms with Crippen molar-refractivity contribution >= 4 is 44.5 Å². The van der Waals surface area contributed by atoms with Gasteiger partial charge in [0, 0.05) is 47.5 Å². The van der Waals surface area contributed by atoms with Gasteiger partial charge < -0.3 is 5.73 Å². The Morgan fingerprint density at radius 2 is 2.17 bits per heavy atom. The van der Waals surface area contributed by atoms with Gasteiger partial charge in [0.15, 0.2) is 0 Å². The number of nitrogens with zero attached hydrogens (tertiary/aromatic N) is 2. The van der Waals surface area contributed by atoms with Crippen molar-refractivity contribution in [2.75, 3.05) is 26.2 Å². The monoisotopic (exact) mass is 347 g/mol. The zero-order valence-electron chi connectivity index (χ0n) is 10.4. The topological polar surface area (TPSA) is 32.5 Å². The summed E-state index contributed by atoms with van der Waals surface area (Å²) in [5, 5.41) is 2.14. The number of piperazine rings is 1. The molecular formula is C12H18BrN3S2. The molecule has 100 valence electrons. The Morgan fingerprint density at radius 3 is 2.67 bits per heavy atom. The maximum absolute atomic E-state index is 5.70. The Hall–Kier alpha value is -0.0100. The maximum Gasteiger partial charge on any atom is 0.0899 e. The van der Waals surface area contributed by atoms with E-state index in [1.807, 2.05) is 11.3 Å². The van der Waals surface area contributed by atoms with Crippen LogP contribution >= 0.6 is 39.5 Å². The summed E-state index contributed by atoms with van der Waals surface area (Å²) in [5.41, 5.74) is 5.70. The minimum absolute atomic E-state index is 0.220. The third-order valence-corrected chi connectivity index (χ3v) is 5.39. The van der Waals surface area contributed by atoms with Crippen LogP contribution in [0.2, 0.25) is 0 Å². The van der Waals surface area contributed by atoms with Crippen LogP contribution in [0.1, 0.15) is 11.8 Å². The van der Waals surface area contributed by atoms with Crippen LogP contribution in [0.5, 0.6) is 0 Å². The number of thiocarbonyl (C=S) groups is 1. The third-order valence-electron chi connectivity index (χ3n) is 3.37. The lowest BCUT2D eigenvalue weighted by Crippen LogP contribution is -2.52. The zero-order valence-corrected chi connectivity index (χ0v) is 13.7. The average molecular weight is 348 g/mol. The molecule has 1 saturated heterocycles. The Kier molecular flexibility index (Phi) is 5.14. The van der Waals surface area contributed by atoms with Gasteiger partial charge in [0.25, 0.3) is 0 Å². The first kappa shape index (κ1) is 14.4. The average Bonchev–Trinajstić information content (AvgIpc) is 2.75. The first-order valence-corrected chi connectivity index (χ1v) is 8.13. The first-order chi connectivity index (χ1) is 8.56. The Balaban J connectivity index is 1.81. The van der Waals surface area contributed by atoms with E-state index in [0.29, 0.717) is 4.99 Å². The number of rotatable bonds is 4. The molecule has 0 aliphatic carbocycles. The van der Waals surface area contributed by atoms with Gasteiger partial charge in [-0.05, 0) is 28.9 Å². The lowest BCUT2D eigenvalue weighted by Gasteiger charge is -2.37. The molecule has 1 aliphatic heterocycles. The van der Waals surface area contributed by atoms with Gasteiger partial charge in [-0.2, -0.15) is 0 Å². The first-order valence-electron chi connectivity index (χ1n) is 6.05. The summed E-state index contributed by atoms with van der Waals surface area (Å²) < 4.78 is 1.18. The van der Waals surface area contributed by atoms with Crippen molar-refractivity contribution in [1.82, 2.24) is 9.80 Å². The minimum atomic E-state index is 0.220. The van der Waals surface area contributed by atoms with Crippen molar-refractivity contribution in [3.63, 3.8) is 0 Å². The van der Waals surface area contributed by atoms with Crippen molar-refractivity contribution in [3.05, 3.63) is 20.8 Å². The summed E-state index contributed by atoms with van der Waals surface area (Å²) >= 11 is 10.4. The van der Waals surface area contributed by atoms with E-state index in [1.54, 1.807) is 0 Å². The molecule has 0 bridgehead atoms. The fraction of sp³-hybridized carbons (Fsp3) is 0.583. The second-order valence-corrected chi connectivity index (χ2v) is 7.00. The molecule has 6 heteroatoms. The highest BCUT2D eigenvalue weighted by atomic mass is 79.9. The molecule has 2 heterocycles. The van der Waals surface area contributed by atoms with Crippen LogP contribution in [0.3, 0.4) is 0 Å². The molecular weight excluding hydrogens is 330 g/mol. The van der Waals surface area contributed by atoms with Crippen LogP contribution in [0.25, 0.3) is 0 Å². The van der Waals surface area contributed by atoms with Gasteiger partial charge in [0.2, 0.25) is 0 Å². The van der Waals surface area contributed by atoms with Gasteiger partial charge in [-0.15, -0.1) is 11.3 Å². The Bertz CT molecular complexity index is 413. The molecule has 3 nitrogen and oxygen atoms in total. The van der Waals surface area contributed by atoms with Gasteiger partial charge in [-0.25, -0.2) is 0 Å². The van der Waals surface area contributed by atoms with E-state index in [-0.39, 0.29) is 6.04 Å². The predicted octanol–water partition coefficient (Wildman–Crippen LogP) is 2.30. The van der Waals surface area contributed by atoms with Gasteiger partial charge in [0.1, 0.15) is 0 Å². The van der Waals surface area contributed by atoms with Gasteiger partial charge >= 0.3 is 0 Å². The van der Waals surface area contributed by atoms with Gasteiger partial charge in [-0.3, -0.25) is 9.80 Å². The van der Waals surface area contributed by atoms with Gasteiger partial charge in [0.05, 0.1) is 11.0 Å². The molecule has 1 aromatic rings. The molecule has 1 atom stereocenters. The normalized spacial score (nSPS) is 19.9. The van der Waals surface area contributed by atoms with E-state index in [2.05, 4.69) is 44.1 Å². The lowest BCUT2D eigenvalue weighted by atomic mass is 10.2. The fourth-order valence-corrected chi connectivity index (χ4v) is 3.79. The Labute approximate surface area is 126 Å². The maximum atomic E-state index is 5.70. The van der Waals surface area contributed by atoms with Crippen LogP contribution in [0.15, 0.2) is 15.9 Å². The highest BCUT2D eigenvalue weighted by Crippen LogP contribution is 2.21. The molecule has 1 unspecified atom stereocenters. The predicted molar refractivity (Wildman–Crippen MR) is 85.1 cm³/mol. The molecule has 1 fully saturated rings. The second-order valence-electron chi connectivity index (χ2n) is 4.62. The van der Waals surface area contributed by atoms with Crippen LogP contribution in [0, 0.1) is 0 Å². The van der Waals surface area contributed by atoms with E-state index >= 15 is 0 Å². The van der Waals surface area contributed by atoms with E-state index < -0.39 is 0 Å². The van der Waals surface area contributed by atoms with Crippen LogP contribution < -0.4 is 5.73 Å². The number of halogens is 1. The van der Waals surface area contributed by atoms with E-state index in [9.17, 15) is 0 Å². The standard InChI is InChI=1S/C12H18BrN3S2/c1-9(12(14)17)16-4-2-15(3-5-16)7-11-6-10(13)8-18-11/h6,8-9H,2-5,7H2,1H3,(H2,14,17). The largest absolute Gasteiger partial charge is 0.392 e. The molecule has 0 radical (unpaired) electrons. The molecule has 1 aromatic heterocycles. The molecule has 0 spiro atoms. The summed E-state index contributed by atoms with van der Waals surface area (Å²) in [6.07, 6.45) is 0. The van der Waals surface area contributed by atoms with Crippen molar-refractivity contribution in [2.24, 2.45) is 5.73 Å². The number of nitrogens with two attached hydrogens (primary N) is 1. The van der Waals surface area contributed by atoms with Crippen LogP contribution in [-0.2, 0) is 6.54 Å². The molecule has 0 amide bonds. The van der Waals surface area contributed by atoms with Crippen LogP contribution in [0.4, 0.5) is 0 Å². The van der Waals surface area contributed by atoms with Gasteiger partial charge in [-0.1, -0.05) is 12.2 Å². The highest BCUT2D eigenvalue weighted by molar-refractivity contribution is 9.10. The molecule has 0 aromatic carbocycles. The SMILES string of the molecule is CC(C(N)=S)N1CCN(Cc2cc(Br)cs2)CC1. The molecule has 2 rings (SSSR count). The summed E-state index contributed by atoms with van der Waals surface area (Å²) in [6, 6.07) is 2.42. The van der Waals surface area contributed by atoms with Crippen molar-refractivity contribution < 1.29 is 0 Å². The van der Waals surface area contributed by atoms with Crippen molar-refractivity contribution in [2.45, 2.75) is 19.5 Å². The third kappa shape index (κ3) is 3.74. The number of thiophene rings is 1. The summed E-state index contributed by atoms with van der Waals surface area (Å²) in [6.45, 7) is 7.40. The van der Waals surface area contributed by atoms with Crippen LogP contribution in [-0.4, -0.2) is 47.0 Å². The smallest absolute Gasteiger partial charge is 0.0899 e. The number of hydrogen-bond donors (Lipinski definition) is 1. The summed E-state index contributed by atoms with van der Waals surface area (Å²) in [5.74, 6) is 0. The fourth-order valence-electron chi connectivity index (χ4n) is 2.15. The van der Waals surface area contributed by atoms with E-state index in [1.165, 1.54) is 9.35 Å². The lowest BCUT2D eigenvalue weighted by molar-refractivity contribution is 0.118. The van der Waals surface area contributed by atoms with Crippen molar-refractivity contribution in [3.8, 4) is 0 Å². The molecule has 2 N–H and O–H groups in total. The zero-order chi connectivity index (χ0) is 13.1. The summed E-state index contributed by atoms with van der Waals surface area (Å²) in [7, 11) is 0. The minimum Gasteiger partial charge on any atom is -0.392 e. The quantitative estimate of drug-likeness (QED) is 0.847. The summed E-state index contributed by atoms with van der Waals surface area (Å²) in [4.78, 5) is 6.87.